The van der Waals surface area contributed by atoms with Gasteiger partial charge in [-0.25, -0.2) is 14.3 Å². The molecule has 0 aliphatic carbocycles. The van der Waals surface area contributed by atoms with Gasteiger partial charge in [-0.05, 0) is 12.1 Å². The number of halogens is 4. The summed E-state index contributed by atoms with van der Waals surface area (Å²) >= 11 is 22.0. The molecule has 0 aliphatic rings. The minimum absolute atomic E-state index is 0.240. The molecule has 2 aromatic rings. The quantitative estimate of drug-likeness (QED) is 0.849. The van der Waals surface area contributed by atoms with Crippen LogP contribution in [0.3, 0.4) is 0 Å². The molecule has 0 unspecified atom stereocenters. The van der Waals surface area contributed by atoms with E-state index in [0.29, 0.717) is 10.8 Å². The standard InChI is InChI=1S/C9H6Cl4N4O2/c10-5-1-2-7-14-6(3-17(7)16-5)15-8(18)19-4-9(11,12)13/h1-3H,4H2,(H,15,18). The molecule has 0 radical (unpaired) electrons. The molecule has 0 atom stereocenters. The van der Waals surface area contributed by atoms with Gasteiger partial charge in [0.25, 0.3) is 0 Å². The lowest BCUT2D eigenvalue weighted by Gasteiger charge is -2.10. The Hall–Kier alpha value is -0.950. The lowest BCUT2D eigenvalue weighted by Crippen LogP contribution is -2.21. The SMILES string of the molecule is O=C(Nc1cn2nc(Cl)ccc2n1)OCC(Cl)(Cl)Cl. The molecule has 102 valence electrons. The maximum atomic E-state index is 11.4. The second-order valence-electron chi connectivity index (χ2n) is 3.40. The van der Waals surface area contributed by atoms with Crippen LogP contribution in [0.2, 0.25) is 5.15 Å². The third-order valence-corrected chi connectivity index (χ3v) is 2.41. The van der Waals surface area contributed by atoms with E-state index in [4.69, 9.17) is 46.4 Å². The highest BCUT2D eigenvalue weighted by Gasteiger charge is 2.22. The second-order valence-corrected chi connectivity index (χ2v) is 6.30. The molecule has 2 heterocycles. The fraction of sp³-hybridized carbons (Fsp3) is 0.222. The first kappa shape index (κ1) is 14.5. The predicted octanol–water partition coefficient (Wildman–Crippen LogP) is 3.30. The van der Waals surface area contributed by atoms with E-state index in [0.717, 1.165) is 0 Å². The molecule has 0 fully saturated rings. The zero-order chi connectivity index (χ0) is 14.0. The van der Waals surface area contributed by atoms with Gasteiger partial charge in [-0.15, -0.1) is 0 Å². The molecular weight excluding hydrogens is 338 g/mol. The van der Waals surface area contributed by atoms with E-state index in [-0.39, 0.29) is 12.4 Å². The number of nitrogens with one attached hydrogen (secondary N) is 1. The molecule has 2 aromatic heterocycles. The van der Waals surface area contributed by atoms with Gasteiger partial charge in [0.15, 0.2) is 11.5 Å². The summed E-state index contributed by atoms with van der Waals surface area (Å²) in [7, 11) is 0. The maximum Gasteiger partial charge on any atom is 0.412 e. The number of rotatable bonds is 2. The largest absolute Gasteiger partial charge is 0.445 e. The van der Waals surface area contributed by atoms with Crippen LogP contribution in [0, 0.1) is 0 Å². The van der Waals surface area contributed by atoms with Crippen LogP contribution in [0.4, 0.5) is 10.6 Å². The van der Waals surface area contributed by atoms with Crippen molar-refractivity contribution in [2.24, 2.45) is 0 Å². The van der Waals surface area contributed by atoms with Crippen LogP contribution in [0.1, 0.15) is 0 Å². The van der Waals surface area contributed by atoms with Crippen molar-refractivity contribution in [1.82, 2.24) is 14.6 Å². The number of imidazole rings is 1. The summed E-state index contributed by atoms with van der Waals surface area (Å²) in [6, 6.07) is 3.22. The van der Waals surface area contributed by atoms with Gasteiger partial charge in [-0.2, -0.15) is 5.10 Å². The number of hydrogen-bond donors (Lipinski definition) is 1. The summed E-state index contributed by atoms with van der Waals surface area (Å²) in [4.78, 5) is 15.5. The van der Waals surface area contributed by atoms with Crippen LogP contribution in [-0.4, -0.2) is 31.1 Å². The Morgan fingerprint density at radius 3 is 2.84 bits per heavy atom. The number of nitrogens with zero attached hydrogens (tertiary/aromatic N) is 3. The van der Waals surface area contributed by atoms with Crippen molar-refractivity contribution in [3.63, 3.8) is 0 Å². The first-order valence-electron chi connectivity index (χ1n) is 4.86. The van der Waals surface area contributed by atoms with Gasteiger partial charge in [-0.1, -0.05) is 46.4 Å². The highest BCUT2D eigenvalue weighted by molar-refractivity contribution is 6.67. The van der Waals surface area contributed by atoms with Crippen molar-refractivity contribution < 1.29 is 9.53 Å². The fourth-order valence-electron chi connectivity index (χ4n) is 1.21. The van der Waals surface area contributed by atoms with Crippen molar-refractivity contribution in [3.8, 4) is 0 Å². The average molecular weight is 344 g/mol. The van der Waals surface area contributed by atoms with Crippen LogP contribution >= 0.6 is 46.4 Å². The number of ether oxygens (including phenoxy) is 1. The van der Waals surface area contributed by atoms with Crippen LogP contribution in [0.15, 0.2) is 18.3 Å². The predicted molar refractivity (Wildman–Crippen MR) is 73.3 cm³/mol. The monoisotopic (exact) mass is 342 g/mol. The molecule has 1 N–H and O–H groups in total. The van der Waals surface area contributed by atoms with Crippen molar-refractivity contribution in [1.29, 1.82) is 0 Å². The van der Waals surface area contributed by atoms with Crippen LogP contribution < -0.4 is 5.32 Å². The molecule has 1 amide bonds. The molecule has 0 saturated heterocycles. The van der Waals surface area contributed by atoms with Crippen molar-refractivity contribution >= 4 is 64.0 Å². The third-order valence-electron chi connectivity index (χ3n) is 1.88. The summed E-state index contributed by atoms with van der Waals surface area (Å²) in [5.41, 5.74) is 0.515. The first-order valence-corrected chi connectivity index (χ1v) is 6.37. The van der Waals surface area contributed by atoms with E-state index in [2.05, 4.69) is 20.1 Å². The summed E-state index contributed by atoms with van der Waals surface area (Å²) in [6.45, 7) is -0.374. The molecule has 0 bridgehead atoms. The molecule has 6 nitrogen and oxygen atoms in total. The lowest BCUT2D eigenvalue weighted by molar-refractivity contribution is 0.164. The first-order chi connectivity index (χ1) is 8.83. The Kier molecular flexibility index (Phi) is 4.25. The van der Waals surface area contributed by atoms with Crippen LogP contribution in [0.5, 0.6) is 0 Å². The molecule has 10 heteroatoms. The Bertz CT molecular complexity index is 610. The molecule has 0 aromatic carbocycles. The minimum atomic E-state index is -1.66. The number of amides is 1. The van der Waals surface area contributed by atoms with E-state index < -0.39 is 9.89 Å². The van der Waals surface area contributed by atoms with Gasteiger partial charge < -0.3 is 4.74 Å². The van der Waals surface area contributed by atoms with E-state index >= 15 is 0 Å². The van der Waals surface area contributed by atoms with E-state index in [1.807, 2.05) is 0 Å². The van der Waals surface area contributed by atoms with Gasteiger partial charge in [0, 0.05) is 0 Å². The minimum Gasteiger partial charge on any atom is -0.445 e. The number of fused-ring (bicyclic) bond motifs is 1. The van der Waals surface area contributed by atoms with Gasteiger partial charge in [-0.3, -0.25) is 5.32 Å². The Labute approximate surface area is 127 Å². The van der Waals surface area contributed by atoms with Gasteiger partial charge >= 0.3 is 6.09 Å². The summed E-state index contributed by atoms with van der Waals surface area (Å²) in [5, 5.41) is 6.63. The Morgan fingerprint density at radius 1 is 1.42 bits per heavy atom. The molecule has 2 rings (SSSR count). The highest BCUT2D eigenvalue weighted by atomic mass is 35.6. The second kappa shape index (κ2) is 5.58. The number of alkyl halides is 3. The third kappa shape index (κ3) is 4.28. The van der Waals surface area contributed by atoms with E-state index in [9.17, 15) is 4.79 Å². The molecular formula is C9H6Cl4N4O2. The van der Waals surface area contributed by atoms with Crippen molar-refractivity contribution in [2.75, 3.05) is 11.9 Å². The van der Waals surface area contributed by atoms with Crippen LogP contribution in [-0.2, 0) is 4.74 Å². The summed E-state index contributed by atoms with van der Waals surface area (Å²) < 4.78 is 4.44. The zero-order valence-electron chi connectivity index (χ0n) is 9.11. The Morgan fingerprint density at radius 2 is 2.16 bits per heavy atom. The average Bonchev–Trinajstić information content (AvgIpc) is 2.66. The summed E-state index contributed by atoms with van der Waals surface area (Å²) in [5.74, 6) is 0.240. The highest BCUT2D eigenvalue weighted by Crippen LogP contribution is 2.26. The zero-order valence-corrected chi connectivity index (χ0v) is 12.1. The summed E-state index contributed by atoms with van der Waals surface area (Å²) in [6.07, 6.45) is 0.679. The van der Waals surface area contributed by atoms with Gasteiger partial charge in [0.05, 0.1) is 6.20 Å². The van der Waals surface area contributed by atoms with Crippen molar-refractivity contribution in [3.05, 3.63) is 23.5 Å². The number of carbonyl (C=O) groups is 1. The number of anilines is 1. The molecule has 0 aliphatic heterocycles. The molecule has 0 spiro atoms. The molecule has 19 heavy (non-hydrogen) atoms. The fourth-order valence-corrected chi connectivity index (χ4v) is 1.52. The topological polar surface area (TPSA) is 68.5 Å². The maximum absolute atomic E-state index is 11.4. The smallest absolute Gasteiger partial charge is 0.412 e. The number of hydrogen-bond acceptors (Lipinski definition) is 4. The normalized spacial score (nSPS) is 11.6. The van der Waals surface area contributed by atoms with Gasteiger partial charge in [0.1, 0.15) is 11.8 Å². The number of carbonyl (C=O) groups excluding carboxylic acids is 1. The van der Waals surface area contributed by atoms with Gasteiger partial charge in [0.2, 0.25) is 3.79 Å². The lowest BCUT2D eigenvalue weighted by atomic mass is 10.6. The van der Waals surface area contributed by atoms with Crippen molar-refractivity contribution in [2.45, 2.75) is 3.79 Å². The van der Waals surface area contributed by atoms with Crippen LogP contribution in [0.25, 0.3) is 5.65 Å². The van der Waals surface area contributed by atoms with E-state index in [1.54, 1.807) is 12.1 Å². The Balaban J connectivity index is 2.03. The number of aromatic nitrogens is 3. The molecule has 0 saturated carbocycles. The van der Waals surface area contributed by atoms with E-state index in [1.165, 1.54) is 10.7 Å².